The summed E-state index contributed by atoms with van der Waals surface area (Å²) in [5.41, 5.74) is 0.0135. The van der Waals surface area contributed by atoms with Gasteiger partial charge in [0.25, 0.3) is 10.2 Å². The van der Waals surface area contributed by atoms with Crippen molar-refractivity contribution < 1.29 is 17.9 Å². The second-order valence-corrected chi connectivity index (χ2v) is 10.3. The van der Waals surface area contributed by atoms with Crippen LogP contribution in [0.1, 0.15) is 37.9 Å². The number of imidazole rings is 1. The average Bonchev–Trinajstić information content (AvgIpc) is 3.33. The first-order valence-corrected chi connectivity index (χ1v) is 11.0. The molecule has 3 rings (SSSR count). The number of ether oxygens (including phenoxy) is 1. The minimum absolute atomic E-state index is 0.00473. The average molecular weight is 414 g/mol. The highest BCUT2D eigenvalue weighted by molar-refractivity contribution is 7.86. The van der Waals surface area contributed by atoms with Crippen molar-refractivity contribution in [3.63, 3.8) is 0 Å². The highest BCUT2D eigenvalue weighted by atomic mass is 32.2. The van der Waals surface area contributed by atoms with Gasteiger partial charge in [-0.25, -0.2) is 4.98 Å². The number of methoxy groups -OCH3 is 1. The number of nitrogens with zero attached hydrogens (tertiary/aromatic N) is 5. The van der Waals surface area contributed by atoms with Gasteiger partial charge in [0, 0.05) is 65.5 Å². The van der Waals surface area contributed by atoms with Gasteiger partial charge in [0.05, 0.1) is 24.0 Å². The van der Waals surface area contributed by atoms with E-state index < -0.39 is 15.6 Å². The molecule has 2 atom stereocenters. The number of carbonyl (C=O) groups excluding carboxylic acids is 1. The smallest absolute Gasteiger partial charge is 0.281 e. The molecule has 1 aromatic rings. The van der Waals surface area contributed by atoms with Crippen molar-refractivity contribution >= 4 is 16.1 Å². The summed E-state index contributed by atoms with van der Waals surface area (Å²) in [4.78, 5) is 19.8. The van der Waals surface area contributed by atoms with E-state index in [9.17, 15) is 13.2 Å². The van der Waals surface area contributed by atoms with E-state index in [1.807, 2.05) is 10.8 Å². The molecular weight excluding hydrogens is 382 g/mol. The molecular formula is C18H31N5O4S. The third-order valence-corrected chi connectivity index (χ3v) is 7.83. The van der Waals surface area contributed by atoms with Gasteiger partial charge >= 0.3 is 0 Å². The monoisotopic (exact) mass is 413 g/mol. The Morgan fingerprint density at radius 3 is 2.68 bits per heavy atom. The molecule has 0 unspecified atom stereocenters. The second kappa shape index (κ2) is 7.74. The van der Waals surface area contributed by atoms with Gasteiger partial charge in [0.15, 0.2) is 0 Å². The zero-order valence-corrected chi connectivity index (χ0v) is 18.1. The van der Waals surface area contributed by atoms with Crippen LogP contribution in [0.2, 0.25) is 0 Å². The molecule has 10 heteroatoms. The highest BCUT2D eigenvalue weighted by Gasteiger charge is 2.59. The van der Waals surface area contributed by atoms with Crippen LogP contribution in [0.15, 0.2) is 12.5 Å². The van der Waals surface area contributed by atoms with Crippen LogP contribution in [-0.2, 0) is 19.7 Å². The topological polar surface area (TPSA) is 88.0 Å². The van der Waals surface area contributed by atoms with Crippen LogP contribution in [-0.4, -0.2) is 91.4 Å². The molecule has 0 bridgehead atoms. The van der Waals surface area contributed by atoms with Crippen molar-refractivity contribution in [2.75, 3.05) is 54.0 Å². The summed E-state index contributed by atoms with van der Waals surface area (Å²) in [6.07, 6.45) is 4.33. The van der Waals surface area contributed by atoms with Crippen LogP contribution in [0, 0.1) is 5.41 Å². The summed E-state index contributed by atoms with van der Waals surface area (Å²) in [6.45, 7) is 6.17. The maximum Gasteiger partial charge on any atom is 0.281 e. The van der Waals surface area contributed by atoms with Crippen molar-refractivity contribution in [3.05, 3.63) is 18.2 Å². The molecule has 158 valence electrons. The van der Waals surface area contributed by atoms with Crippen LogP contribution in [0.3, 0.4) is 0 Å². The molecule has 2 aliphatic heterocycles. The molecule has 28 heavy (non-hydrogen) atoms. The molecule has 0 aliphatic carbocycles. The van der Waals surface area contributed by atoms with Crippen LogP contribution in [0.25, 0.3) is 0 Å². The standard InChI is InChI=1S/C18H31N5O4S/c1-14(2)22-11-16(19-13-22)15-10-23(28(25,26)20(3)4)12-18(15)6-7-21(17(18)24)8-9-27-5/h11,13-15H,6-10,12H2,1-5H3/t15-,18-/m0/s1. The molecule has 2 saturated heterocycles. The summed E-state index contributed by atoms with van der Waals surface area (Å²) in [6, 6.07) is 0.248. The van der Waals surface area contributed by atoms with E-state index in [2.05, 4.69) is 18.8 Å². The Morgan fingerprint density at radius 2 is 2.11 bits per heavy atom. The first kappa shape index (κ1) is 21.2. The van der Waals surface area contributed by atoms with Crippen molar-refractivity contribution in [2.24, 2.45) is 5.41 Å². The van der Waals surface area contributed by atoms with Crippen molar-refractivity contribution in [1.82, 2.24) is 23.1 Å². The van der Waals surface area contributed by atoms with Crippen LogP contribution >= 0.6 is 0 Å². The Bertz CT molecular complexity index is 822. The van der Waals surface area contributed by atoms with Gasteiger partial charge in [0.1, 0.15) is 0 Å². The minimum Gasteiger partial charge on any atom is -0.383 e. The fourth-order valence-corrected chi connectivity index (χ4v) is 5.40. The fourth-order valence-electron chi connectivity index (χ4n) is 4.21. The van der Waals surface area contributed by atoms with E-state index in [0.717, 1.165) is 5.69 Å². The number of aromatic nitrogens is 2. The van der Waals surface area contributed by atoms with E-state index in [0.29, 0.717) is 26.1 Å². The van der Waals surface area contributed by atoms with Gasteiger partial charge in [-0.3, -0.25) is 4.79 Å². The number of carbonyl (C=O) groups is 1. The minimum atomic E-state index is -3.61. The predicted molar refractivity (Wildman–Crippen MR) is 105 cm³/mol. The third kappa shape index (κ3) is 3.47. The predicted octanol–water partition coefficient (Wildman–Crippen LogP) is 0.535. The number of likely N-dealkylation sites (tertiary alicyclic amines) is 1. The normalized spacial score (nSPS) is 26.5. The third-order valence-electron chi connectivity index (χ3n) is 5.98. The Hall–Kier alpha value is -1.49. The summed E-state index contributed by atoms with van der Waals surface area (Å²) < 4.78 is 35.4. The second-order valence-electron chi connectivity index (χ2n) is 8.17. The molecule has 0 N–H and O–H groups in total. The van der Waals surface area contributed by atoms with E-state index in [1.165, 1.54) is 22.7 Å². The Labute approximate surface area is 167 Å². The maximum absolute atomic E-state index is 13.4. The molecule has 1 amide bonds. The number of hydrogen-bond donors (Lipinski definition) is 0. The SMILES string of the molecule is COCCN1CC[C@@]2(CN(S(=O)(=O)N(C)C)C[C@H]2c2cn(C(C)C)cn2)C1=O. The van der Waals surface area contributed by atoms with Gasteiger partial charge in [-0.15, -0.1) is 0 Å². The molecule has 1 aromatic heterocycles. The Kier molecular flexibility index (Phi) is 5.86. The summed E-state index contributed by atoms with van der Waals surface area (Å²) in [5.74, 6) is -0.257. The molecule has 1 spiro atoms. The van der Waals surface area contributed by atoms with Crippen LogP contribution in [0.5, 0.6) is 0 Å². The van der Waals surface area contributed by atoms with Gasteiger partial charge in [-0.05, 0) is 20.3 Å². The van der Waals surface area contributed by atoms with Crippen molar-refractivity contribution in [1.29, 1.82) is 0 Å². The Balaban J connectivity index is 1.98. The lowest BCUT2D eigenvalue weighted by Crippen LogP contribution is -2.43. The van der Waals surface area contributed by atoms with E-state index in [-0.39, 0.29) is 31.0 Å². The molecule has 2 fully saturated rings. The lowest BCUT2D eigenvalue weighted by Gasteiger charge is -2.28. The number of rotatable bonds is 7. The molecule has 0 radical (unpaired) electrons. The van der Waals surface area contributed by atoms with Gasteiger partial charge < -0.3 is 14.2 Å². The molecule has 0 saturated carbocycles. The zero-order chi connectivity index (χ0) is 20.7. The highest BCUT2D eigenvalue weighted by Crippen LogP contribution is 2.50. The lowest BCUT2D eigenvalue weighted by atomic mass is 9.75. The van der Waals surface area contributed by atoms with E-state index in [1.54, 1.807) is 18.3 Å². The molecule has 2 aliphatic rings. The molecule has 9 nitrogen and oxygen atoms in total. The van der Waals surface area contributed by atoms with Gasteiger partial charge in [0.2, 0.25) is 5.91 Å². The quantitative estimate of drug-likeness (QED) is 0.651. The van der Waals surface area contributed by atoms with E-state index >= 15 is 0 Å². The molecule has 0 aromatic carbocycles. The summed E-state index contributed by atoms with van der Waals surface area (Å²) in [5, 5.41) is 0. The largest absolute Gasteiger partial charge is 0.383 e. The molecule has 3 heterocycles. The first-order chi connectivity index (χ1) is 13.1. The van der Waals surface area contributed by atoms with Gasteiger partial charge in [-0.2, -0.15) is 17.0 Å². The van der Waals surface area contributed by atoms with Crippen molar-refractivity contribution in [2.45, 2.75) is 32.2 Å². The number of hydrogen-bond acceptors (Lipinski definition) is 5. The Morgan fingerprint density at radius 1 is 1.39 bits per heavy atom. The van der Waals surface area contributed by atoms with Crippen LogP contribution < -0.4 is 0 Å². The number of amides is 1. The van der Waals surface area contributed by atoms with Crippen molar-refractivity contribution in [3.8, 4) is 0 Å². The fraction of sp³-hybridized carbons (Fsp3) is 0.778. The first-order valence-electron chi connectivity index (χ1n) is 9.62. The lowest BCUT2D eigenvalue weighted by molar-refractivity contribution is -0.136. The summed E-state index contributed by atoms with van der Waals surface area (Å²) >= 11 is 0. The summed E-state index contributed by atoms with van der Waals surface area (Å²) in [7, 11) is 1.03. The van der Waals surface area contributed by atoms with Gasteiger partial charge in [-0.1, -0.05) is 0 Å². The maximum atomic E-state index is 13.4. The zero-order valence-electron chi connectivity index (χ0n) is 17.3. The van der Waals surface area contributed by atoms with Crippen LogP contribution in [0.4, 0.5) is 0 Å². The van der Waals surface area contributed by atoms with E-state index in [4.69, 9.17) is 4.74 Å².